The third kappa shape index (κ3) is 6.18. The average Bonchev–Trinajstić information content (AvgIpc) is 3.43. The van der Waals surface area contributed by atoms with Crippen LogP contribution in [0.3, 0.4) is 0 Å². The SMILES string of the molecule is COC(=O)[C@@H]1CCCN1C(=O)[C@H](N)C[Se][Se]C[C@@H](N)C(=O)N1CCC[C@H]1C(=O)OC. The van der Waals surface area contributed by atoms with Gasteiger partial charge in [0, 0.05) is 0 Å². The molecule has 0 aromatic rings. The number of nitrogens with zero attached hydrogens (tertiary/aromatic N) is 2. The van der Waals surface area contributed by atoms with E-state index < -0.39 is 36.1 Å². The van der Waals surface area contributed by atoms with Gasteiger partial charge in [-0.1, -0.05) is 0 Å². The third-order valence-electron chi connectivity index (χ3n) is 5.23. The van der Waals surface area contributed by atoms with E-state index in [9.17, 15) is 19.2 Å². The van der Waals surface area contributed by atoms with Crippen molar-refractivity contribution in [2.75, 3.05) is 27.3 Å². The van der Waals surface area contributed by atoms with Crippen molar-refractivity contribution in [3.05, 3.63) is 0 Å². The molecule has 2 aliphatic heterocycles. The van der Waals surface area contributed by atoms with Crippen LogP contribution in [-0.2, 0) is 28.7 Å². The van der Waals surface area contributed by atoms with E-state index in [-0.39, 0.29) is 38.1 Å². The van der Waals surface area contributed by atoms with Crippen LogP contribution in [0.5, 0.6) is 0 Å². The van der Waals surface area contributed by atoms with Gasteiger partial charge in [0.25, 0.3) is 0 Å². The second-order valence-corrected chi connectivity index (χ2v) is 14.7. The van der Waals surface area contributed by atoms with Crippen LogP contribution in [0.2, 0.25) is 10.6 Å². The van der Waals surface area contributed by atoms with Gasteiger partial charge in [0.05, 0.1) is 0 Å². The number of esters is 2. The van der Waals surface area contributed by atoms with Crippen molar-refractivity contribution in [2.45, 2.75) is 60.5 Å². The molecule has 0 aromatic heterocycles. The molecule has 10 nitrogen and oxygen atoms in total. The van der Waals surface area contributed by atoms with Crippen molar-refractivity contribution in [2.24, 2.45) is 11.5 Å². The van der Waals surface area contributed by atoms with Crippen LogP contribution in [-0.4, -0.2) is 111 Å². The van der Waals surface area contributed by atoms with Crippen molar-refractivity contribution in [3.8, 4) is 0 Å². The predicted octanol–water partition coefficient (Wildman–Crippen LogP) is -1.87. The summed E-state index contributed by atoms with van der Waals surface area (Å²) in [5, 5.41) is 1.07. The minimum atomic E-state index is -0.661. The summed E-state index contributed by atoms with van der Waals surface area (Å²) in [5.74, 6) is -1.25. The Balaban J connectivity index is 1.74. The Labute approximate surface area is 187 Å². The van der Waals surface area contributed by atoms with Gasteiger partial charge in [-0.3, -0.25) is 0 Å². The molecule has 0 aromatic carbocycles. The average molecular weight is 556 g/mol. The number of carbonyl (C=O) groups excluding carboxylic acids is 4. The molecule has 12 heteroatoms. The van der Waals surface area contributed by atoms with Crippen LogP contribution in [0.4, 0.5) is 0 Å². The number of hydrogen-bond acceptors (Lipinski definition) is 8. The van der Waals surface area contributed by atoms with Gasteiger partial charge >= 0.3 is 188 Å². The molecule has 2 amide bonds. The van der Waals surface area contributed by atoms with Gasteiger partial charge in [0.2, 0.25) is 0 Å². The summed E-state index contributed by atoms with van der Waals surface area (Å²) < 4.78 is 9.54. The predicted molar refractivity (Wildman–Crippen MR) is 111 cm³/mol. The fourth-order valence-electron chi connectivity index (χ4n) is 3.63. The van der Waals surface area contributed by atoms with Crippen LogP contribution in [0.15, 0.2) is 0 Å². The zero-order chi connectivity index (χ0) is 22.3. The molecule has 0 saturated carbocycles. The van der Waals surface area contributed by atoms with E-state index in [0.29, 0.717) is 36.6 Å². The zero-order valence-corrected chi connectivity index (χ0v) is 20.7. The number of amides is 2. The molecule has 0 radical (unpaired) electrons. The van der Waals surface area contributed by atoms with Gasteiger partial charge in [-0.05, 0) is 0 Å². The standard InChI is InChI=1S/C18H30N4O6Se2/c1-27-17(25)13-5-3-7-21(13)15(23)11(19)9-29-30-10-12(20)16(24)22-8-4-6-14(22)18(26)28-2/h11-14H,3-10,19-20H2,1-2H3/t11-,12-,13+,14+/m1/s1. The van der Waals surface area contributed by atoms with Crippen molar-refractivity contribution < 1.29 is 28.7 Å². The zero-order valence-electron chi connectivity index (χ0n) is 17.3. The summed E-state index contributed by atoms with van der Waals surface area (Å²) in [4.78, 5) is 51.9. The molecule has 4 atom stereocenters. The molecular weight excluding hydrogens is 526 g/mol. The minimum absolute atomic E-state index is 0.0905. The van der Waals surface area contributed by atoms with Crippen molar-refractivity contribution >= 4 is 50.0 Å². The van der Waals surface area contributed by atoms with Crippen LogP contribution in [0.1, 0.15) is 25.7 Å². The molecule has 0 aliphatic carbocycles. The summed E-state index contributed by atoms with van der Waals surface area (Å²) in [6.07, 6.45) is 2.71. The first-order valence-electron chi connectivity index (χ1n) is 9.84. The third-order valence-corrected chi connectivity index (χ3v) is 12.4. The number of hydrogen-bond donors (Lipinski definition) is 2. The number of likely N-dealkylation sites (tertiary alicyclic amines) is 2. The van der Waals surface area contributed by atoms with Gasteiger partial charge in [0.15, 0.2) is 0 Å². The fraction of sp³-hybridized carbons (Fsp3) is 0.778. The molecule has 4 N–H and O–H groups in total. The second-order valence-electron chi connectivity index (χ2n) is 7.21. The van der Waals surface area contributed by atoms with Gasteiger partial charge in [-0.25, -0.2) is 0 Å². The Morgan fingerprint density at radius 2 is 1.20 bits per heavy atom. The topological polar surface area (TPSA) is 145 Å². The van der Waals surface area contributed by atoms with E-state index in [0.717, 1.165) is 12.8 Å². The first-order valence-corrected chi connectivity index (χ1v) is 16.6. The van der Waals surface area contributed by atoms with E-state index in [2.05, 4.69) is 0 Å². The number of carbonyl (C=O) groups is 4. The Kier molecular flexibility index (Phi) is 10.1. The first-order chi connectivity index (χ1) is 14.3. The molecule has 2 saturated heterocycles. The molecule has 2 fully saturated rings. The molecule has 2 heterocycles. The van der Waals surface area contributed by atoms with Crippen LogP contribution >= 0.6 is 0 Å². The summed E-state index contributed by atoms with van der Waals surface area (Å²) in [6, 6.07) is -2.40. The molecule has 0 bridgehead atoms. The number of methoxy groups -OCH3 is 2. The maximum absolute atomic E-state index is 12.6. The molecule has 170 valence electrons. The van der Waals surface area contributed by atoms with Crippen molar-refractivity contribution in [3.63, 3.8) is 0 Å². The normalized spacial score (nSPS) is 23.2. The molecule has 0 spiro atoms. The van der Waals surface area contributed by atoms with Gasteiger partial charge < -0.3 is 0 Å². The van der Waals surface area contributed by atoms with Crippen LogP contribution < -0.4 is 11.5 Å². The number of ether oxygens (including phenoxy) is 2. The van der Waals surface area contributed by atoms with E-state index in [1.807, 2.05) is 0 Å². The van der Waals surface area contributed by atoms with Gasteiger partial charge in [-0.15, -0.1) is 0 Å². The Morgan fingerprint density at radius 1 is 0.833 bits per heavy atom. The van der Waals surface area contributed by atoms with Crippen LogP contribution in [0.25, 0.3) is 0 Å². The Bertz CT molecular complexity index is 598. The number of nitrogens with two attached hydrogens (primary N) is 2. The van der Waals surface area contributed by atoms with E-state index in [4.69, 9.17) is 20.9 Å². The van der Waals surface area contributed by atoms with Gasteiger partial charge in [0.1, 0.15) is 0 Å². The Morgan fingerprint density at radius 3 is 1.53 bits per heavy atom. The van der Waals surface area contributed by atoms with Gasteiger partial charge in [-0.2, -0.15) is 0 Å². The Hall–Kier alpha value is -1.16. The quantitative estimate of drug-likeness (QED) is 0.191. The molecule has 2 aliphatic rings. The monoisotopic (exact) mass is 558 g/mol. The molecule has 2 rings (SSSR count). The summed E-state index contributed by atoms with van der Waals surface area (Å²) in [7, 11) is 2.63. The summed E-state index contributed by atoms with van der Waals surface area (Å²) >= 11 is 0.181. The maximum atomic E-state index is 12.6. The second kappa shape index (κ2) is 12.0. The fourth-order valence-corrected chi connectivity index (χ4v) is 10.5. The summed E-state index contributed by atoms with van der Waals surface area (Å²) in [5.41, 5.74) is 12.1. The van der Waals surface area contributed by atoms with E-state index in [1.165, 1.54) is 24.0 Å². The summed E-state index contributed by atoms with van der Waals surface area (Å²) in [6.45, 7) is 1.03. The number of rotatable bonds is 9. The molecule has 0 unspecified atom stereocenters. The first kappa shape index (κ1) is 25.1. The van der Waals surface area contributed by atoms with E-state index in [1.54, 1.807) is 0 Å². The van der Waals surface area contributed by atoms with E-state index >= 15 is 0 Å². The van der Waals surface area contributed by atoms with Crippen molar-refractivity contribution in [1.82, 2.24) is 9.80 Å². The van der Waals surface area contributed by atoms with Crippen molar-refractivity contribution in [1.29, 1.82) is 0 Å². The molecular formula is C18H30N4O6Se2. The van der Waals surface area contributed by atoms with Crippen LogP contribution in [0, 0.1) is 0 Å². The molecule has 30 heavy (non-hydrogen) atoms.